The minimum Gasteiger partial charge on any atom is -0.494 e. The lowest BCUT2D eigenvalue weighted by Gasteiger charge is -2.07. The molecular weight excluding hydrogens is 353 g/mol. The van der Waals surface area contributed by atoms with Gasteiger partial charge in [-0.15, -0.1) is 0 Å². The van der Waals surface area contributed by atoms with Crippen molar-refractivity contribution in [3.8, 4) is 16.9 Å². The van der Waals surface area contributed by atoms with Gasteiger partial charge in [-0.05, 0) is 41.9 Å². The van der Waals surface area contributed by atoms with Crippen molar-refractivity contribution >= 4 is 22.5 Å². The van der Waals surface area contributed by atoms with E-state index in [9.17, 15) is 4.39 Å². The van der Waals surface area contributed by atoms with Gasteiger partial charge in [-0.2, -0.15) is 5.10 Å². The fraction of sp³-hybridized carbons (Fsp3) is 0.100. The van der Waals surface area contributed by atoms with E-state index >= 15 is 0 Å². The minimum absolute atomic E-state index is 0.196. The lowest BCUT2D eigenvalue weighted by molar-refractivity contribution is 0.387. The third-order valence-corrected chi connectivity index (χ3v) is 4.35. The van der Waals surface area contributed by atoms with Crippen molar-refractivity contribution in [2.45, 2.75) is 6.54 Å². The van der Waals surface area contributed by atoms with Crippen molar-refractivity contribution in [3.63, 3.8) is 0 Å². The number of ether oxygens (including phenoxy) is 1. The summed E-state index contributed by atoms with van der Waals surface area (Å²) in [5.41, 5.74) is 3.19. The van der Waals surface area contributed by atoms with Gasteiger partial charge in [0.25, 0.3) is 0 Å². The summed E-state index contributed by atoms with van der Waals surface area (Å²) in [6.07, 6.45) is 3.42. The van der Waals surface area contributed by atoms with Gasteiger partial charge in [-0.3, -0.25) is 9.67 Å². The molecule has 0 saturated carbocycles. The molecule has 0 aliphatic carbocycles. The van der Waals surface area contributed by atoms with Crippen LogP contribution in [0.3, 0.4) is 0 Å². The van der Waals surface area contributed by atoms with Crippen LogP contribution in [0.5, 0.6) is 5.75 Å². The second-order valence-electron chi connectivity index (χ2n) is 5.81. The van der Waals surface area contributed by atoms with Crippen LogP contribution in [0.15, 0.2) is 60.9 Å². The molecule has 0 fully saturated rings. The summed E-state index contributed by atoms with van der Waals surface area (Å²) in [7, 11) is 1.44. The standard InChI is InChI=1S/C20H15ClFN3O/c1-26-20-9-13(3-6-18(20)22)14-2-5-17(23-10-14)12-25-19-7-4-16(21)8-15(19)11-24-25/h2-11H,12H2,1H3/i7D. The Hall–Kier alpha value is -2.92. The van der Waals surface area contributed by atoms with Crippen molar-refractivity contribution < 1.29 is 10.5 Å². The molecule has 6 heteroatoms. The molecule has 2 heterocycles. The van der Waals surface area contributed by atoms with Crippen molar-refractivity contribution in [2.24, 2.45) is 0 Å². The number of hydrogen-bond donors (Lipinski definition) is 0. The van der Waals surface area contributed by atoms with Crippen LogP contribution >= 0.6 is 11.6 Å². The second-order valence-corrected chi connectivity index (χ2v) is 6.25. The molecule has 0 amide bonds. The first-order valence-corrected chi connectivity index (χ1v) is 8.33. The molecule has 2 aromatic heterocycles. The Kier molecular flexibility index (Phi) is 3.99. The first-order valence-electron chi connectivity index (χ1n) is 8.45. The SMILES string of the molecule is [2H]c1cc(Cl)cc2cnn(Cc3ccc(-c4ccc(F)c(OC)c4)cn3)c12. The van der Waals surface area contributed by atoms with E-state index < -0.39 is 5.82 Å². The number of pyridine rings is 1. The summed E-state index contributed by atoms with van der Waals surface area (Å²) in [5, 5.41) is 5.68. The third kappa shape index (κ3) is 3.13. The van der Waals surface area contributed by atoms with Crippen LogP contribution in [0.1, 0.15) is 7.06 Å². The smallest absolute Gasteiger partial charge is 0.165 e. The summed E-state index contributed by atoms with van der Waals surface area (Å²) in [5.74, 6) is -0.205. The number of rotatable bonds is 4. The van der Waals surface area contributed by atoms with Gasteiger partial charge in [0.1, 0.15) is 0 Å². The van der Waals surface area contributed by atoms with Crippen LogP contribution in [0.2, 0.25) is 5.02 Å². The molecule has 0 spiro atoms. The highest BCUT2D eigenvalue weighted by Gasteiger charge is 2.08. The Morgan fingerprint density at radius 1 is 1.15 bits per heavy atom. The number of hydrogen-bond acceptors (Lipinski definition) is 3. The van der Waals surface area contributed by atoms with Gasteiger partial charge >= 0.3 is 0 Å². The molecule has 4 nitrogen and oxygen atoms in total. The largest absolute Gasteiger partial charge is 0.494 e. The van der Waals surface area contributed by atoms with E-state index in [1.165, 1.54) is 13.2 Å². The Morgan fingerprint density at radius 3 is 2.77 bits per heavy atom. The summed E-state index contributed by atoms with van der Waals surface area (Å²) in [6.45, 7) is 0.435. The zero-order chi connectivity index (χ0) is 19.0. The fourth-order valence-corrected chi connectivity index (χ4v) is 2.96. The lowest BCUT2D eigenvalue weighted by Crippen LogP contribution is -2.03. The minimum atomic E-state index is -0.400. The maximum Gasteiger partial charge on any atom is 0.165 e. The molecule has 4 rings (SSSR count). The first-order chi connectivity index (χ1) is 13.0. The molecule has 0 atom stereocenters. The van der Waals surface area contributed by atoms with Crippen LogP contribution in [-0.4, -0.2) is 21.9 Å². The molecule has 0 bridgehead atoms. The van der Waals surface area contributed by atoms with Crippen LogP contribution < -0.4 is 4.74 Å². The average Bonchev–Trinajstić information content (AvgIpc) is 3.05. The summed E-state index contributed by atoms with van der Waals surface area (Å²) >= 11 is 6.00. The lowest BCUT2D eigenvalue weighted by atomic mass is 10.1. The van der Waals surface area contributed by atoms with Crippen molar-refractivity contribution in [1.29, 1.82) is 0 Å². The van der Waals surface area contributed by atoms with Gasteiger partial charge in [0, 0.05) is 22.2 Å². The first kappa shape index (κ1) is 15.3. The third-order valence-electron chi connectivity index (χ3n) is 4.13. The van der Waals surface area contributed by atoms with E-state index in [-0.39, 0.29) is 5.75 Å². The van der Waals surface area contributed by atoms with Crippen molar-refractivity contribution in [1.82, 2.24) is 14.8 Å². The molecule has 0 saturated heterocycles. The van der Waals surface area contributed by atoms with Crippen LogP contribution in [0, 0.1) is 5.82 Å². The molecule has 0 aliphatic heterocycles. The Labute approximate surface area is 156 Å². The highest BCUT2D eigenvalue weighted by Crippen LogP contribution is 2.26. The topological polar surface area (TPSA) is 39.9 Å². The summed E-state index contributed by atoms with van der Waals surface area (Å²) in [4.78, 5) is 4.48. The number of aromatic nitrogens is 3. The predicted molar refractivity (Wildman–Crippen MR) is 100 cm³/mol. The number of benzene rings is 2. The zero-order valence-electron chi connectivity index (χ0n) is 14.9. The molecule has 26 heavy (non-hydrogen) atoms. The van der Waals surface area contributed by atoms with E-state index in [4.69, 9.17) is 17.7 Å². The molecule has 0 N–H and O–H groups in total. The number of methoxy groups -OCH3 is 1. The van der Waals surface area contributed by atoms with Crippen molar-refractivity contribution in [2.75, 3.05) is 7.11 Å². The average molecular weight is 369 g/mol. The van der Waals surface area contributed by atoms with Gasteiger partial charge in [0.05, 0.1) is 32.4 Å². The highest BCUT2D eigenvalue weighted by molar-refractivity contribution is 6.31. The van der Waals surface area contributed by atoms with Crippen molar-refractivity contribution in [3.05, 3.63) is 77.4 Å². The van der Waals surface area contributed by atoms with E-state index in [2.05, 4.69) is 10.1 Å². The molecule has 130 valence electrons. The van der Waals surface area contributed by atoms with E-state index in [0.29, 0.717) is 23.1 Å². The number of nitrogens with zero attached hydrogens (tertiary/aromatic N) is 3. The Balaban J connectivity index is 1.62. The predicted octanol–water partition coefficient (Wildman–Crippen LogP) is 4.95. The fourth-order valence-electron chi connectivity index (χ4n) is 2.79. The Morgan fingerprint density at radius 2 is 2.00 bits per heavy atom. The summed E-state index contributed by atoms with van der Waals surface area (Å²) < 4.78 is 28.5. The van der Waals surface area contributed by atoms with Crippen LogP contribution in [0.4, 0.5) is 4.39 Å². The molecule has 0 unspecified atom stereocenters. The molecular formula is C20H15ClFN3O. The van der Waals surface area contributed by atoms with Gasteiger partial charge in [0.2, 0.25) is 0 Å². The maximum atomic E-state index is 13.6. The maximum absolute atomic E-state index is 13.6. The normalized spacial score (nSPS) is 11.6. The van der Waals surface area contributed by atoms with Gasteiger partial charge in [-0.25, -0.2) is 4.39 Å². The molecule has 0 radical (unpaired) electrons. The quantitative estimate of drug-likeness (QED) is 0.511. The highest BCUT2D eigenvalue weighted by atomic mass is 35.5. The van der Waals surface area contributed by atoms with Gasteiger partial charge < -0.3 is 4.74 Å². The summed E-state index contributed by atoms with van der Waals surface area (Å²) in [6, 6.07) is 12.2. The number of fused-ring (bicyclic) bond motifs is 1. The molecule has 4 aromatic rings. The Bertz CT molecular complexity index is 1130. The molecule has 0 aliphatic rings. The second kappa shape index (κ2) is 6.77. The van der Waals surface area contributed by atoms with Gasteiger partial charge in [0.15, 0.2) is 11.6 Å². The van der Waals surface area contributed by atoms with Crippen LogP contribution in [0.25, 0.3) is 22.0 Å². The van der Waals surface area contributed by atoms with E-state index in [1.54, 1.807) is 41.3 Å². The monoisotopic (exact) mass is 368 g/mol. The molecule has 2 aromatic carbocycles. The van der Waals surface area contributed by atoms with E-state index in [0.717, 1.165) is 22.2 Å². The van der Waals surface area contributed by atoms with E-state index in [1.807, 2.05) is 12.1 Å². The van der Waals surface area contributed by atoms with Crippen LogP contribution in [-0.2, 0) is 6.54 Å². The number of halogens is 2. The zero-order valence-corrected chi connectivity index (χ0v) is 14.7. The van der Waals surface area contributed by atoms with Gasteiger partial charge in [-0.1, -0.05) is 23.7 Å².